The van der Waals surface area contributed by atoms with E-state index in [1.807, 2.05) is 12.1 Å². The van der Waals surface area contributed by atoms with Gasteiger partial charge in [-0.25, -0.2) is 14.3 Å². The molecule has 0 amide bonds. The van der Waals surface area contributed by atoms with E-state index < -0.39 is 5.97 Å². The van der Waals surface area contributed by atoms with Crippen LogP contribution in [0.15, 0.2) is 43.0 Å². The van der Waals surface area contributed by atoms with Gasteiger partial charge in [-0.15, -0.1) is 0 Å². The number of fused-ring (bicyclic) bond motifs is 1. The molecule has 0 aliphatic heterocycles. The van der Waals surface area contributed by atoms with Crippen molar-refractivity contribution in [1.82, 2.24) is 19.6 Å². The topological polar surface area (TPSA) is 80.4 Å². The van der Waals surface area contributed by atoms with E-state index in [-0.39, 0.29) is 5.69 Å². The fourth-order valence-electron chi connectivity index (χ4n) is 1.67. The van der Waals surface area contributed by atoms with Gasteiger partial charge in [0.1, 0.15) is 0 Å². The lowest BCUT2D eigenvalue weighted by atomic mass is 10.1. The highest BCUT2D eigenvalue weighted by atomic mass is 16.4. The Bertz CT molecular complexity index is 721. The number of hydrogen-bond acceptors (Lipinski definition) is 4. The monoisotopic (exact) mass is 240 g/mol. The summed E-state index contributed by atoms with van der Waals surface area (Å²) in [4.78, 5) is 18.9. The molecule has 0 fully saturated rings. The molecule has 3 heterocycles. The van der Waals surface area contributed by atoms with Crippen molar-refractivity contribution >= 4 is 11.6 Å². The third-order valence-corrected chi connectivity index (χ3v) is 2.55. The van der Waals surface area contributed by atoms with E-state index >= 15 is 0 Å². The van der Waals surface area contributed by atoms with Crippen LogP contribution in [0.25, 0.3) is 16.8 Å². The van der Waals surface area contributed by atoms with E-state index in [0.717, 1.165) is 11.1 Å². The lowest BCUT2D eigenvalue weighted by Gasteiger charge is -2.00. The summed E-state index contributed by atoms with van der Waals surface area (Å²) in [5.41, 5.74) is 2.29. The molecular formula is C12H8N4O2. The maximum atomic E-state index is 10.8. The lowest BCUT2D eigenvalue weighted by molar-refractivity contribution is 0.0690. The molecule has 3 aromatic heterocycles. The van der Waals surface area contributed by atoms with E-state index in [1.54, 1.807) is 24.8 Å². The summed E-state index contributed by atoms with van der Waals surface area (Å²) in [6.45, 7) is 0. The first kappa shape index (κ1) is 10.4. The number of aromatic nitrogens is 4. The predicted octanol–water partition coefficient (Wildman–Crippen LogP) is 1.49. The van der Waals surface area contributed by atoms with Gasteiger partial charge in [0.2, 0.25) is 0 Å². The van der Waals surface area contributed by atoms with Crippen molar-refractivity contribution in [3.05, 3.63) is 48.7 Å². The highest BCUT2D eigenvalue weighted by Gasteiger charge is 2.10. The van der Waals surface area contributed by atoms with Crippen LogP contribution in [0.3, 0.4) is 0 Å². The van der Waals surface area contributed by atoms with Crippen molar-refractivity contribution in [2.24, 2.45) is 0 Å². The summed E-state index contributed by atoms with van der Waals surface area (Å²) in [5.74, 6) is -1.06. The van der Waals surface area contributed by atoms with Gasteiger partial charge in [-0.1, -0.05) is 0 Å². The van der Waals surface area contributed by atoms with Crippen molar-refractivity contribution in [1.29, 1.82) is 0 Å². The van der Waals surface area contributed by atoms with Crippen molar-refractivity contribution in [3.8, 4) is 11.1 Å². The predicted molar refractivity (Wildman–Crippen MR) is 63.2 cm³/mol. The largest absolute Gasteiger partial charge is 0.476 e. The van der Waals surface area contributed by atoms with E-state index in [2.05, 4.69) is 15.1 Å². The standard InChI is InChI=1S/C12H8N4O2/c17-12(18)10-5-11-14-6-9(7-16(11)15-10)8-1-3-13-4-2-8/h1-7H,(H,17,18). The Hall–Kier alpha value is -2.76. The second kappa shape index (κ2) is 3.92. The van der Waals surface area contributed by atoms with Crippen LogP contribution >= 0.6 is 0 Å². The molecule has 0 saturated carbocycles. The van der Waals surface area contributed by atoms with Gasteiger partial charge in [0, 0.05) is 36.4 Å². The summed E-state index contributed by atoms with van der Waals surface area (Å²) in [6, 6.07) is 5.13. The highest BCUT2D eigenvalue weighted by molar-refractivity contribution is 5.86. The molecule has 3 rings (SSSR count). The van der Waals surface area contributed by atoms with E-state index in [9.17, 15) is 4.79 Å². The fourth-order valence-corrected chi connectivity index (χ4v) is 1.67. The normalized spacial score (nSPS) is 10.7. The number of rotatable bonds is 2. The minimum atomic E-state index is -1.06. The molecule has 6 nitrogen and oxygen atoms in total. The molecule has 88 valence electrons. The number of carboxylic acid groups (broad SMARTS) is 1. The maximum absolute atomic E-state index is 10.8. The van der Waals surface area contributed by atoms with Crippen LogP contribution in [0, 0.1) is 0 Å². The first-order chi connectivity index (χ1) is 8.74. The Labute approximate surface area is 102 Å². The van der Waals surface area contributed by atoms with Crippen LogP contribution in [0.5, 0.6) is 0 Å². The number of carbonyl (C=O) groups is 1. The SMILES string of the molecule is O=C(O)c1cc2ncc(-c3ccncc3)cn2n1. The molecule has 18 heavy (non-hydrogen) atoms. The van der Waals surface area contributed by atoms with Crippen LogP contribution in [-0.2, 0) is 0 Å². The van der Waals surface area contributed by atoms with Crippen molar-refractivity contribution in [2.75, 3.05) is 0 Å². The minimum Gasteiger partial charge on any atom is -0.476 e. The van der Waals surface area contributed by atoms with E-state index in [0.29, 0.717) is 5.65 Å². The van der Waals surface area contributed by atoms with E-state index in [1.165, 1.54) is 10.6 Å². The van der Waals surface area contributed by atoms with Gasteiger partial charge < -0.3 is 5.11 Å². The minimum absolute atomic E-state index is 0.0191. The molecule has 3 aromatic rings. The van der Waals surface area contributed by atoms with Gasteiger partial charge in [0.25, 0.3) is 0 Å². The van der Waals surface area contributed by atoms with Crippen LogP contribution in [-0.4, -0.2) is 30.7 Å². The molecule has 0 saturated heterocycles. The number of nitrogens with zero attached hydrogens (tertiary/aromatic N) is 4. The molecular weight excluding hydrogens is 232 g/mol. The molecule has 0 atom stereocenters. The van der Waals surface area contributed by atoms with E-state index in [4.69, 9.17) is 5.11 Å². The number of hydrogen-bond donors (Lipinski definition) is 1. The lowest BCUT2D eigenvalue weighted by Crippen LogP contribution is -1.97. The molecule has 0 aromatic carbocycles. The van der Waals surface area contributed by atoms with Gasteiger partial charge >= 0.3 is 5.97 Å². The Morgan fingerprint density at radius 1 is 1.22 bits per heavy atom. The van der Waals surface area contributed by atoms with Crippen LogP contribution in [0.4, 0.5) is 0 Å². The quantitative estimate of drug-likeness (QED) is 0.734. The zero-order valence-electron chi connectivity index (χ0n) is 9.19. The zero-order chi connectivity index (χ0) is 12.5. The van der Waals surface area contributed by atoms with Gasteiger partial charge in [-0.3, -0.25) is 4.98 Å². The van der Waals surface area contributed by atoms with Crippen molar-refractivity contribution in [3.63, 3.8) is 0 Å². The summed E-state index contributed by atoms with van der Waals surface area (Å²) >= 11 is 0. The third kappa shape index (κ3) is 1.69. The Balaban J connectivity index is 2.14. The summed E-state index contributed by atoms with van der Waals surface area (Å²) in [6.07, 6.45) is 6.79. The molecule has 0 bridgehead atoms. The van der Waals surface area contributed by atoms with Crippen LogP contribution < -0.4 is 0 Å². The fraction of sp³-hybridized carbons (Fsp3) is 0. The molecule has 1 N–H and O–H groups in total. The van der Waals surface area contributed by atoms with Gasteiger partial charge in [-0.05, 0) is 17.7 Å². The first-order valence-corrected chi connectivity index (χ1v) is 5.23. The summed E-state index contributed by atoms with van der Waals surface area (Å²) < 4.78 is 1.46. The molecule has 0 unspecified atom stereocenters. The number of aromatic carboxylic acids is 1. The Morgan fingerprint density at radius 3 is 2.72 bits per heavy atom. The Morgan fingerprint density at radius 2 is 2.00 bits per heavy atom. The number of pyridine rings is 1. The third-order valence-electron chi connectivity index (χ3n) is 2.55. The molecule has 0 aliphatic rings. The Kier molecular flexibility index (Phi) is 2.26. The van der Waals surface area contributed by atoms with Gasteiger partial charge in [-0.2, -0.15) is 5.10 Å². The summed E-state index contributed by atoms with van der Waals surface area (Å²) in [7, 11) is 0. The second-order valence-electron chi connectivity index (χ2n) is 3.72. The molecule has 0 spiro atoms. The van der Waals surface area contributed by atoms with Crippen molar-refractivity contribution < 1.29 is 9.90 Å². The summed E-state index contributed by atoms with van der Waals surface area (Å²) in [5, 5.41) is 12.8. The zero-order valence-corrected chi connectivity index (χ0v) is 9.19. The van der Waals surface area contributed by atoms with Crippen molar-refractivity contribution in [2.45, 2.75) is 0 Å². The molecule has 0 aliphatic carbocycles. The molecule has 0 radical (unpaired) electrons. The van der Waals surface area contributed by atoms with Gasteiger partial charge in [0.05, 0.1) is 0 Å². The number of carboxylic acids is 1. The average Bonchev–Trinajstić information content (AvgIpc) is 2.82. The average molecular weight is 240 g/mol. The maximum Gasteiger partial charge on any atom is 0.356 e. The van der Waals surface area contributed by atoms with Crippen LogP contribution in [0.1, 0.15) is 10.5 Å². The van der Waals surface area contributed by atoms with Gasteiger partial charge in [0.15, 0.2) is 11.3 Å². The smallest absolute Gasteiger partial charge is 0.356 e. The van der Waals surface area contributed by atoms with Crippen LogP contribution in [0.2, 0.25) is 0 Å². The second-order valence-corrected chi connectivity index (χ2v) is 3.72. The molecule has 6 heteroatoms. The first-order valence-electron chi connectivity index (χ1n) is 5.23. The highest BCUT2D eigenvalue weighted by Crippen LogP contribution is 2.17.